The molecule has 1 aromatic rings. The highest BCUT2D eigenvalue weighted by Gasteiger charge is 2.60. The number of rotatable bonds is 7. The molecular formula is C14H18F3NO2S. The van der Waals surface area contributed by atoms with Crippen molar-refractivity contribution in [3.05, 3.63) is 46.0 Å². The molecule has 21 heavy (non-hydrogen) atoms. The summed E-state index contributed by atoms with van der Waals surface area (Å²) in [5.41, 5.74) is -0.0667. The van der Waals surface area contributed by atoms with E-state index in [0.29, 0.717) is 18.2 Å². The SMILES string of the molecule is CC(C)CCS[C@@](C[N+](=O)[O-])(c1ccccc1)C(F)(F)F. The van der Waals surface area contributed by atoms with E-state index in [1.54, 1.807) is 6.07 Å². The molecular weight excluding hydrogens is 303 g/mol. The van der Waals surface area contributed by atoms with Crippen molar-refractivity contribution in [3.63, 3.8) is 0 Å². The van der Waals surface area contributed by atoms with Crippen molar-refractivity contribution < 1.29 is 18.1 Å². The van der Waals surface area contributed by atoms with Crippen LogP contribution in [0.3, 0.4) is 0 Å². The molecule has 0 aliphatic heterocycles. The van der Waals surface area contributed by atoms with Gasteiger partial charge in [-0.05, 0) is 23.7 Å². The van der Waals surface area contributed by atoms with Crippen molar-refractivity contribution in [3.8, 4) is 0 Å². The first-order valence-corrected chi connectivity index (χ1v) is 7.55. The minimum atomic E-state index is -4.69. The van der Waals surface area contributed by atoms with Crippen molar-refractivity contribution in [2.75, 3.05) is 12.3 Å². The van der Waals surface area contributed by atoms with Crippen LogP contribution in [-0.4, -0.2) is 23.4 Å². The Hall–Kier alpha value is -1.24. The molecule has 1 atom stereocenters. The molecule has 0 amide bonds. The van der Waals surface area contributed by atoms with Crippen LogP contribution in [0.4, 0.5) is 13.2 Å². The van der Waals surface area contributed by atoms with Gasteiger partial charge >= 0.3 is 6.18 Å². The molecule has 7 heteroatoms. The van der Waals surface area contributed by atoms with Crippen LogP contribution in [0.5, 0.6) is 0 Å². The Morgan fingerprint density at radius 2 is 1.81 bits per heavy atom. The number of nitrogens with zero attached hydrogens (tertiary/aromatic N) is 1. The summed E-state index contributed by atoms with van der Waals surface area (Å²) in [7, 11) is 0. The summed E-state index contributed by atoms with van der Waals surface area (Å²) < 4.78 is 38.4. The maximum atomic E-state index is 13.6. The van der Waals surface area contributed by atoms with Gasteiger partial charge in [0, 0.05) is 4.92 Å². The van der Waals surface area contributed by atoms with Crippen molar-refractivity contribution in [2.24, 2.45) is 5.92 Å². The molecule has 0 fully saturated rings. The van der Waals surface area contributed by atoms with Crippen LogP contribution in [0.25, 0.3) is 0 Å². The van der Waals surface area contributed by atoms with Crippen LogP contribution < -0.4 is 0 Å². The van der Waals surface area contributed by atoms with Gasteiger partial charge in [-0.3, -0.25) is 10.1 Å². The van der Waals surface area contributed by atoms with Crippen molar-refractivity contribution in [2.45, 2.75) is 31.2 Å². The van der Waals surface area contributed by atoms with Gasteiger partial charge in [0.15, 0.2) is 0 Å². The Morgan fingerprint density at radius 3 is 2.24 bits per heavy atom. The van der Waals surface area contributed by atoms with Crippen molar-refractivity contribution >= 4 is 11.8 Å². The normalized spacial score (nSPS) is 15.0. The maximum Gasteiger partial charge on any atom is 0.413 e. The summed E-state index contributed by atoms with van der Waals surface area (Å²) in [6.45, 7) is 2.65. The number of hydrogen-bond donors (Lipinski definition) is 0. The average molecular weight is 321 g/mol. The quantitative estimate of drug-likeness (QED) is 0.548. The fraction of sp³-hybridized carbons (Fsp3) is 0.571. The number of hydrogen-bond acceptors (Lipinski definition) is 3. The summed E-state index contributed by atoms with van der Waals surface area (Å²) in [6, 6.07) is 7.14. The number of benzene rings is 1. The van der Waals surface area contributed by atoms with Gasteiger partial charge in [0.05, 0.1) is 0 Å². The Morgan fingerprint density at radius 1 is 1.24 bits per heavy atom. The lowest BCUT2D eigenvalue weighted by Crippen LogP contribution is -2.45. The van der Waals surface area contributed by atoms with Gasteiger partial charge in [-0.1, -0.05) is 44.2 Å². The smallest absolute Gasteiger partial charge is 0.264 e. The fourth-order valence-electron chi connectivity index (χ4n) is 1.91. The van der Waals surface area contributed by atoms with E-state index in [4.69, 9.17) is 0 Å². The van der Waals surface area contributed by atoms with Crippen LogP contribution in [-0.2, 0) is 4.75 Å². The molecule has 0 aliphatic rings. The molecule has 3 nitrogen and oxygen atoms in total. The third kappa shape index (κ3) is 4.62. The average Bonchev–Trinajstić information content (AvgIpc) is 2.36. The van der Waals surface area contributed by atoms with Crippen LogP contribution in [0.1, 0.15) is 25.8 Å². The number of alkyl halides is 3. The highest BCUT2D eigenvalue weighted by molar-refractivity contribution is 8.00. The largest absolute Gasteiger partial charge is 0.413 e. The first-order valence-electron chi connectivity index (χ1n) is 6.57. The van der Waals surface area contributed by atoms with Crippen molar-refractivity contribution in [1.29, 1.82) is 0 Å². The third-order valence-electron chi connectivity index (χ3n) is 3.09. The Bertz CT molecular complexity index is 465. The lowest BCUT2D eigenvalue weighted by molar-refractivity contribution is -0.494. The monoisotopic (exact) mass is 321 g/mol. The summed E-state index contributed by atoms with van der Waals surface area (Å²) >= 11 is 0.619. The number of thioether (sulfide) groups is 1. The molecule has 0 saturated carbocycles. The van der Waals surface area contributed by atoms with E-state index in [-0.39, 0.29) is 17.2 Å². The van der Waals surface area contributed by atoms with E-state index in [1.165, 1.54) is 24.3 Å². The standard InChI is InChI=1S/C14H18F3NO2S/c1-11(2)8-9-21-13(10-18(19)20,14(15,16)17)12-6-4-3-5-7-12/h3-7,11H,8-10H2,1-2H3/t13-/m0/s1. The van der Waals surface area contributed by atoms with Crippen LogP contribution in [0, 0.1) is 16.0 Å². The molecule has 0 aliphatic carbocycles. The fourth-order valence-corrected chi connectivity index (χ4v) is 3.51. The van der Waals surface area contributed by atoms with E-state index in [9.17, 15) is 23.3 Å². The predicted molar refractivity (Wildman–Crippen MR) is 77.9 cm³/mol. The number of nitro groups is 1. The molecule has 118 valence electrons. The molecule has 0 N–H and O–H groups in total. The van der Waals surface area contributed by atoms with Crippen LogP contribution >= 0.6 is 11.8 Å². The number of halogens is 3. The minimum Gasteiger partial charge on any atom is -0.264 e. The lowest BCUT2D eigenvalue weighted by atomic mass is 9.97. The van der Waals surface area contributed by atoms with Crippen LogP contribution in [0.15, 0.2) is 30.3 Å². The second-order valence-electron chi connectivity index (χ2n) is 5.21. The molecule has 1 rings (SSSR count). The first kappa shape index (κ1) is 17.8. The van der Waals surface area contributed by atoms with Gasteiger partial charge in [0.25, 0.3) is 0 Å². The molecule has 0 aromatic heterocycles. The lowest BCUT2D eigenvalue weighted by Gasteiger charge is -2.32. The zero-order chi connectivity index (χ0) is 16.1. The molecule has 1 aromatic carbocycles. The molecule has 0 spiro atoms. The molecule has 0 saturated heterocycles. The molecule has 0 unspecified atom stereocenters. The van der Waals surface area contributed by atoms with Gasteiger partial charge in [-0.25, -0.2) is 0 Å². The molecule has 0 radical (unpaired) electrons. The van der Waals surface area contributed by atoms with Gasteiger partial charge in [0.1, 0.15) is 0 Å². The van der Waals surface area contributed by atoms with Crippen molar-refractivity contribution in [1.82, 2.24) is 0 Å². The maximum absolute atomic E-state index is 13.6. The summed E-state index contributed by atoms with van der Waals surface area (Å²) in [5.74, 6) is 0.467. The Kier molecular flexibility index (Phi) is 6.07. The zero-order valence-electron chi connectivity index (χ0n) is 11.9. The predicted octanol–water partition coefficient (Wildman–Crippen LogP) is 4.50. The Balaban J connectivity index is 3.19. The van der Waals surface area contributed by atoms with E-state index in [1.807, 2.05) is 13.8 Å². The van der Waals surface area contributed by atoms with E-state index < -0.39 is 22.4 Å². The highest BCUT2D eigenvalue weighted by atomic mass is 32.2. The molecule has 0 bridgehead atoms. The minimum absolute atomic E-state index is 0.0667. The van der Waals surface area contributed by atoms with Gasteiger partial charge in [-0.15, -0.1) is 11.8 Å². The second-order valence-corrected chi connectivity index (χ2v) is 6.61. The molecule has 0 heterocycles. The van der Waals surface area contributed by atoms with E-state index in [0.717, 1.165) is 0 Å². The topological polar surface area (TPSA) is 43.1 Å². The van der Waals surface area contributed by atoms with Gasteiger partial charge in [0.2, 0.25) is 11.3 Å². The third-order valence-corrected chi connectivity index (χ3v) is 4.62. The summed E-state index contributed by atoms with van der Waals surface area (Å²) in [5, 5.41) is 10.8. The van der Waals surface area contributed by atoms with Crippen LogP contribution in [0.2, 0.25) is 0 Å². The first-order chi connectivity index (χ1) is 9.69. The highest BCUT2D eigenvalue weighted by Crippen LogP contribution is 2.50. The Labute approximate surface area is 126 Å². The summed E-state index contributed by atoms with van der Waals surface area (Å²) in [6.07, 6.45) is -4.11. The van der Waals surface area contributed by atoms with E-state index >= 15 is 0 Å². The second kappa shape index (κ2) is 7.15. The van der Waals surface area contributed by atoms with E-state index in [2.05, 4.69) is 0 Å². The van der Waals surface area contributed by atoms with Gasteiger partial charge in [-0.2, -0.15) is 13.2 Å². The summed E-state index contributed by atoms with van der Waals surface area (Å²) in [4.78, 5) is 9.94. The van der Waals surface area contributed by atoms with Gasteiger partial charge < -0.3 is 0 Å². The zero-order valence-corrected chi connectivity index (χ0v) is 12.7.